The van der Waals surface area contributed by atoms with Gasteiger partial charge in [0.25, 0.3) is 11.8 Å². The van der Waals surface area contributed by atoms with Gasteiger partial charge in [-0.05, 0) is 179 Å². The van der Waals surface area contributed by atoms with Crippen molar-refractivity contribution >= 4 is 70.6 Å². The van der Waals surface area contributed by atoms with Crippen molar-refractivity contribution in [2.75, 3.05) is 24.0 Å². The fourth-order valence-electron chi connectivity index (χ4n) is 9.25. The number of carboxylic acid groups (broad SMARTS) is 2. The molecule has 0 radical (unpaired) electrons. The molecule has 2 aromatic heterocycles. The Morgan fingerprint density at radius 3 is 1.17 bits per heavy atom. The monoisotopic (exact) mass is 1180 g/mol. The molecule has 4 N–H and O–H groups in total. The van der Waals surface area contributed by atoms with Crippen LogP contribution in [-0.4, -0.2) is 89.2 Å². The maximum Gasteiger partial charge on any atom is 0.326 e. The first kappa shape index (κ1) is 63.1. The molecular weight excluding hydrogens is 1110 g/mol. The van der Waals surface area contributed by atoms with Crippen LogP contribution in [-0.2, 0) is 62.2 Å². The summed E-state index contributed by atoms with van der Waals surface area (Å²) in [6.07, 6.45) is 18.4. The second kappa shape index (κ2) is 31.3. The molecule has 12 nitrogen and oxygen atoms in total. The smallest absolute Gasteiger partial charge is 0.326 e. The van der Waals surface area contributed by atoms with Crippen LogP contribution in [0, 0.1) is 23.3 Å². The molecule has 0 unspecified atom stereocenters. The van der Waals surface area contributed by atoms with E-state index in [0.29, 0.717) is 74.0 Å². The lowest BCUT2D eigenvalue weighted by atomic mass is 9.94. The number of aromatic nitrogens is 4. The highest BCUT2D eigenvalue weighted by Gasteiger charge is 2.24. The second-order valence-electron chi connectivity index (χ2n) is 20.1. The Bertz CT molecular complexity index is 3330. The van der Waals surface area contributed by atoms with Crippen LogP contribution in [0.2, 0.25) is 0 Å². The summed E-state index contributed by atoms with van der Waals surface area (Å²) in [5, 5.41) is 24.8. The van der Waals surface area contributed by atoms with Crippen LogP contribution in [0.25, 0.3) is 23.3 Å². The van der Waals surface area contributed by atoms with Gasteiger partial charge in [0.1, 0.15) is 35.4 Å². The van der Waals surface area contributed by atoms with Crippen LogP contribution < -0.4 is 10.6 Å². The Morgan fingerprint density at radius 2 is 0.857 bits per heavy atom. The van der Waals surface area contributed by atoms with E-state index in [0.717, 1.165) is 67.0 Å². The standard InChI is InChI=1S/2C33H33F2N3O3S/c2*1-38-21-36-20-29(38)19-26(24-9-13-28(35)14-10-24)17-23-4-8-25(7-3-22-5-11-27(34)12-6-22)30(18-23)32(39)37-31(33(40)41)15-16-42-2/h2*4-6,8-14,17-18,20-21,31H,3,7,15-16,19H2,1-2H3,(H,37,39)(H,40,41)/b26-17+;26-17-/t2*31-/m00/s1. The minimum atomic E-state index is -1.09. The lowest BCUT2D eigenvalue weighted by Gasteiger charge is -2.17. The number of carbonyl (C=O) groups is 4. The number of nitrogens with one attached hydrogen (secondary N) is 2. The van der Waals surface area contributed by atoms with E-state index < -0.39 is 35.8 Å². The van der Waals surface area contributed by atoms with Gasteiger partial charge in [-0.25, -0.2) is 37.1 Å². The molecule has 0 saturated heterocycles. The molecule has 8 aromatic rings. The summed E-state index contributed by atoms with van der Waals surface area (Å²) in [6, 6.07) is 34.0. The van der Waals surface area contributed by atoms with Crippen molar-refractivity contribution in [1.82, 2.24) is 29.7 Å². The molecule has 0 aliphatic carbocycles. The van der Waals surface area contributed by atoms with Crippen LogP contribution in [0.1, 0.15) is 89.5 Å². The fourth-order valence-corrected chi connectivity index (χ4v) is 10.2. The zero-order chi connectivity index (χ0) is 60.1. The lowest BCUT2D eigenvalue weighted by Crippen LogP contribution is -2.41. The number of benzene rings is 6. The summed E-state index contributed by atoms with van der Waals surface area (Å²) in [4.78, 5) is 59.2. The van der Waals surface area contributed by atoms with Crippen molar-refractivity contribution in [3.63, 3.8) is 0 Å². The van der Waals surface area contributed by atoms with Gasteiger partial charge in [-0.2, -0.15) is 23.5 Å². The van der Waals surface area contributed by atoms with Crippen molar-refractivity contribution in [1.29, 1.82) is 0 Å². The topological polar surface area (TPSA) is 168 Å². The number of aryl methyl sites for hydroxylation is 6. The molecule has 0 aliphatic rings. The van der Waals surface area contributed by atoms with E-state index in [1.165, 1.54) is 72.1 Å². The van der Waals surface area contributed by atoms with Gasteiger partial charge in [-0.1, -0.05) is 84.9 Å². The molecule has 8 rings (SSSR count). The van der Waals surface area contributed by atoms with Gasteiger partial charge in [-0.3, -0.25) is 9.59 Å². The van der Waals surface area contributed by atoms with Gasteiger partial charge in [0.05, 0.1) is 12.7 Å². The van der Waals surface area contributed by atoms with Gasteiger partial charge >= 0.3 is 11.9 Å². The Hall–Kier alpha value is -8.48. The number of nitrogens with zero attached hydrogens (tertiary/aromatic N) is 4. The number of thioether (sulfide) groups is 2. The SMILES string of the molecule is CSCC[C@H](NC(=O)c1cc(/C=C(/Cc2cncn2C)c2ccc(F)cc2)ccc1CCc1ccc(F)cc1)C(=O)O.CSCC[C@H](NC(=O)c1cc(/C=C(\Cc2cncn2C)c2ccc(F)cc2)ccc1CCc1ccc(F)cc1)C(=O)O. The Morgan fingerprint density at radius 1 is 0.512 bits per heavy atom. The number of hydrogen-bond acceptors (Lipinski definition) is 8. The van der Waals surface area contributed by atoms with Gasteiger partial charge in [0.15, 0.2) is 0 Å². The molecule has 18 heteroatoms. The van der Waals surface area contributed by atoms with Gasteiger partial charge in [0.2, 0.25) is 0 Å². The van der Waals surface area contributed by atoms with E-state index in [1.807, 2.05) is 72.2 Å². The van der Waals surface area contributed by atoms with Crippen molar-refractivity contribution in [3.05, 3.63) is 249 Å². The zero-order valence-corrected chi connectivity index (χ0v) is 48.7. The third-order valence-electron chi connectivity index (χ3n) is 14.1. The predicted octanol–water partition coefficient (Wildman–Crippen LogP) is 12.4. The number of amides is 2. The third-order valence-corrected chi connectivity index (χ3v) is 15.4. The molecule has 2 heterocycles. The minimum Gasteiger partial charge on any atom is -0.480 e. The van der Waals surface area contributed by atoms with Gasteiger partial charge in [0, 0.05) is 61.8 Å². The van der Waals surface area contributed by atoms with Crippen LogP contribution in [0.15, 0.2) is 159 Å². The van der Waals surface area contributed by atoms with E-state index in [1.54, 1.807) is 85.7 Å². The quantitative estimate of drug-likeness (QED) is 0.0302. The number of allylic oxidation sites excluding steroid dienone is 2. The molecule has 6 aromatic carbocycles. The summed E-state index contributed by atoms with van der Waals surface area (Å²) in [5.41, 5.74) is 10.9. The van der Waals surface area contributed by atoms with Crippen LogP contribution in [0.5, 0.6) is 0 Å². The number of halogens is 4. The highest BCUT2D eigenvalue weighted by atomic mass is 32.2. The van der Waals surface area contributed by atoms with E-state index in [4.69, 9.17) is 0 Å². The number of hydrogen-bond donors (Lipinski definition) is 4. The summed E-state index contributed by atoms with van der Waals surface area (Å²) >= 11 is 3.02. The first-order chi connectivity index (χ1) is 40.5. The van der Waals surface area contributed by atoms with Crippen LogP contribution in [0.4, 0.5) is 17.6 Å². The number of aliphatic carboxylic acids is 2. The number of carbonyl (C=O) groups excluding carboxylic acids is 2. The van der Waals surface area contributed by atoms with E-state index >= 15 is 0 Å². The summed E-state index contributed by atoms with van der Waals surface area (Å²) < 4.78 is 58.1. The Kier molecular flexibility index (Phi) is 23.5. The molecule has 436 valence electrons. The molecule has 0 aliphatic heterocycles. The van der Waals surface area contributed by atoms with Gasteiger partial charge in [-0.15, -0.1) is 0 Å². The van der Waals surface area contributed by atoms with Crippen LogP contribution >= 0.6 is 23.5 Å². The predicted molar refractivity (Wildman–Crippen MR) is 327 cm³/mol. The Labute approximate surface area is 495 Å². The average Bonchev–Trinajstić information content (AvgIpc) is 3.87. The van der Waals surface area contributed by atoms with Crippen molar-refractivity contribution in [2.24, 2.45) is 14.1 Å². The summed E-state index contributed by atoms with van der Waals surface area (Å²) in [5.74, 6) is -3.24. The van der Waals surface area contributed by atoms with Crippen molar-refractivity contribution < 1.29 is 47.0 Å². The minimum absolute atomic E-state index is 0.298. The van der Waals surface area contributed by atoms with E-state index in [-0.39, 0.29) is 23.3 Å². The largest absolute Gasteiger partial charge is 0.480 e. The first-order valence-corrected chi connectivity index (χ1v) is 29.9. The third kappa shape index (κ3) is 18.8. The molecule has 0 bridgehead atoms. The molecule has 2 atom stereocenters. The summed E-state index contributed by atoms with van der Waals surface area (Å²) in [7, 11) is 3.80. The lowest BCUT2D eigenvalue weighted by molar-refractivity contribution is -0.140. The zero-order valence-electron chi connectivity index (χ0n) is 47.0. The summed E-state index contributed by atoms with van der Waals surface area (Å²) in [6.45, 7) is 0. The normalized spacial score (nSPS) is 12.2. The average molecular weight is 1180 g/mol. The highest BCUT2D eigenvalue weighted by Crippen LogP contribution is 2.28. The number of imidazole rings is 2. The van der Waals surface area contributed by atoms with Crippen LogP contribution in [0.3, 0.4) is 0 Å². The maximum absolute atomic E-state index is 13.7. The second-order valence-corrected chi connectivity index (χ2v) is 22.0. The molecule has 0 saturated carbocycles. The number of rotatable bonds is 26. The van der Waals surface area contributed by atoms with E-state index in [2.05, 4.69) is 20.6 Å². The first-order valence-electron chi connectivity index (χ1n) is 27.1. The van der Waals surface area contributed by atoms with Gasteiger partial charge < -0.3 is 30.0 Å². The van der Waals surface area contributed by atoms with E-state index in [9.17, 15) is 47.0 Å². The molecule has 84 heavy (non-hydrogen) atoms. The molecule has 0 fully saturated rings. The molecule has 2 amide bonds. The Balaban J connectivity index is 0.000000241. The fraction of sp³-hybridized carbons (Fsp3) is 0.242. The maximum atomic E-state index is 13.7. The van der Waals surface area contributed by atoms with Crippen molar-refractivity contribution in [2.45, 2.75) is 63.5 Å². The molecular formula is C66H66F4N6O6S2. The number of carboxylic acids is 2. The molecule has 0 spiro atoms. The van der Waals surface area contributed by atoms with Crippen molar-refractivity contribution in [3.8, 4) is 0 Å². The highest BCUT2D eigenvalue weighted by molar-refractivity contribution is 7.98.